The Morgan fingerprint density at radius 2 is 2.00 bits per heavy atom. The van der Waals surface area contributed by atoms with Crippen LogP contribution in [-0.2, 0) is 4.79 Å². The maximum Gasteiger partial charge on any atom is 0.331 e. The van der Waals surface area contributed by atoms with Gasteiger partial charge in [-0.2, -0.15) is 0 Å². The van der Waals surface area contributed by atoms with Gasteiger partial charge in [-0.3, -0.25) is 0 Å². The molecule has 0 spiro atoms. The number of nitrogens with one attached hydrogen (secondary N) is 2. The van der Waals surface area contributed by atoms with Gasteiger partial charge in [-0.1, -0.05) is 19.9 Å². The molecule has 0 aliphatic heterocycles. The number of carboxylic acid groups (broad SMARTS) is 1. The number of rotatable bonds is 7. The fourth-order valence-electron chi connectivity index (χ4n) is 1.87. The van der Waals surface area contributed by atoms with Crippen molar-refractivity contribution < 1.29 is 14.7 Å². The van der Waals surface area contributed by atoms with E-state index in [2.05, 4.69) is 10.6 Å². The number of urea groups is 1. The Morgan fingerprint density at radius 3 is 2.43 bits per heavy atom. The first-order valence-electron chi connectivity index (χ1n) is 6.79. The van der Waals surface area contributed by atoms with Gasteiger partial charge in [0.1, 0.15) is 0 Å². The van der Waals surface area contributed by atoms with E-state index in [4.69, 9.17) is 0 Å². The van der Waals surface area contributed by atoms with Crippen LogP contribution in [0.1, 0.15) is 24.8 Å². The Hall–Kier alpha value is -1.60. The molecule has 1 heterocycles. The predicted molar refractivity (Wildman–Crippen MR) is 83.5 cm³/mol. The standard InChI is InChI=1S/C14H23N3O3S/c1-9(2)10(8-17(3)4)15-14(20)16-12(13(18)19)11-6-5-7-21-11/h5-7,9-10,12H,8H2,1-4H3,(H,18,19)(H2,15,16,20). The monoisotopic (exact) mass is 313 g/mol. The fourth-order valence-corrected chi connectivity index (χ4v) is 2.63. The highest BCUT2D eigenvalue weighted by Crippen LogP contribution is 2.19. The van der Waals surface area contributed by atoms with Crippen molar-refractivity contribution in [1.82, 2.24) is 15.5 Å². The zero-order valence-corrected chi connectivity index (χ0v) is 13.6. The highest BCUT2D eigenvalue weighted by atomic mass is 32.1. The summed E-state index contributed by atoms with van der Waals surface area (Å²) in [4.78, 5) is 25.9. The third-order valence-electron chi connectivity index (χ3n) is 3.03. The minimum absolute atomic E-state index is 0.0437. The molecule has 1 rings (SSSR count). The van der Waals surface area contributed by atoms with Gasteiger partial charge in [0.05, 0.1) is 0 Å². The average Bonchev–Trinajstić information content (AvgIpc) is 2.87. The number of carbonyl (C=O) groups excluding carboxylic acids is 1. The number of thiophene rings is 1. The van der Waals surface area contributed by atoms with Crippen molar-refractivity contribution in [2.45, 2.75) is 25.9 Å². The van der Waals surface area contributed by atoms with Crippen LogP contribution in [0.2, 0.25) is 0 Å². The summed E-state index contributed by atoms with van der Waals surface area (Å²) in [6.45, 7) is 4.73. The van der Waals surface area contributed by atoms with Crippen molar-refractivity contribution >= 4 is 23.3 Å². The molecule has 0 fully saturated rings. The number of carboxylic acids is 1. The van der Waals surface area contributed by atoms with Gasteiger partial charge in [-0.05, 0) is 31.5 Å². The van der Waals surface area contributed by atoms with Crippen LogP contribution >= 0.6 is 11.3 Å². The van der Waals surface area contributed by atoms with Gasteiger partial charge in [0.2, 0.25) is 0 Å². The lowest BCUT2D eigenvalue weighted by Crippen LogP contribution is -2.50. The zero-order valence-electron chi connectivity index (χ0n) is 12.8. The van der Waals surface area contributed by atoms with Crippen LogP contribution in [0.5, 0.6) is 0 Å². The Bertz CT molecular complexity index is 460. The van der Waals surface area contributed by atoms with E-state index in [0.717, 1.165) is 0 Å². The smallest absolute Gasteiger partial charge is 0.331 e. The topological polar surface area (TPSA) is 81.7 Å². The second-order valence-corrected chi connectivity index (χ2v) is 6.50. The molecule has 0 aliphatic rings. The first-order chi connectivity index (χ1) is 9.81. The number of hydrogen-bond acceptors (Lipinski definition) is 4. The van der Waals surface area contributed by atoms with Crippen molar-refractivity contribution in [3.05, 3.63) is 22.4 Å². The molecule has 0 aliphatic carbocycles. The Kier molecular flexibility index (Phi) is 6.64. The van der Waals surface area contributed by atoms with Gasteiger partial charge in [-0.25, -0.2) is 9.59 Å². The maximum absolute atomic E-state index is 12.1. The summed E-state index contributed by atoms with van der Waals surface area (Å²) in [6.07, 6.45) is 0. The molecule has 7 heteroatoms. The summed E-state index contributed by atoms with van der Waals surface area (Å²) >= 11 is 1.31. The summed E-state index contributed by atoms with van der Waals surface area (Å²) in [7, 11) is 3.86. The molecule has 0 bridgehead atoms. The molecule has 1 aromatic heterocycles. The molecule has 2 unspecified atom stereocenters. The van der Waals surface area contributed by atoms with Crippen molar-refractivity contribution in [3.8, 4) is 0 Å². The van der Waals surface area contributed by atoms with E-state index in [-0.39, 0.29) is 12.0 Å². The minimum Gasteiger partial charge on any atom is -0.479 e. The van der Waals surface area contributed by atoms with Gasteiger partial charge < -0.3 is 20.6 Å². The van der Waals surface area contributed by atoms with E-state index in [1.807, 2.05) is 32.8 Å². The normalized spacial score (nSPS) is 14.0. The van der Waals surface area contributed by atoms with Gasteiger partial charge in [0.15, 0.2) is 6.04 Å². The SMILES string of the molecule is CC(C)C(CN(C)C)NC(=O)NC(C(=O)O)c1cccs1. The maximum atomic E-state index is 12.1. The lowest BCUT2D eigenvalue weighted by Gasteiger charge is -2.26. The summed E-state index contributed by atoms with van der Waals surface area (Å²) in [5, 5.41) is 16.4. The molecule has 21 heavy (non-hydrogen) atoms. The third kappa shape index (κ3) is 5.73. The highest BCUT2D eigenvalue weighted by Gasteiger charge is 2.25. The molecule has 3 N–H and O–H groups in total. The number of nitrogens with zero attached hydrogens (tertiary/aromatic N) is 1. The Morgan fingerprint density at radius 1 is 1.33 bits per heavy atom. The van der Waals surface area contributed by atoms with Crippen LogP contribution in [0.4, 0.5) is 4.79 Å². The molecule has 2 atom stereocenters. The van der Waals surface area contributed by atoms with Crippen LogP contribution in [-0.4, -0.2) is 48.7 Å². The first kappa shape index (κ1) is 17.5. The van der Waals surface area contributed by atoms with E-state index >= 15 is 0 Å². The van der Waals surface area contributed by atoms with Crippen molar-refractivity contribution in [2.75, 3.05) is 20.6 Å². The minimum atomic E-state index is -1.07. The third-order valence-corrected chi connectivity index (χ3v) is 3.97. The van der Waals surface area contributed by atoms with E-state index in [1.54, 1.807) is 17.5 Å². The molecular formula is C14H23N3O3S. The van der Waals surface area contributed by atoms with Crippen LogP contribution in [0.15, 0.2) is 17.5 Å². The number of aliphatic carboxylic acids is 1. The first-order valence-corrected chi connectivity index (χ1v) is 7.67. The summed E-state index contributed by atoms with van der Waals surface area (Å²) in [5.41, 5.74) is 0. The molecule has 0 saturated carbocycles. The molecule has 0 saturated heterocycles. The largest absolute Gasteiger partial charge is 0.479 e. The predicted octanol–water partition coefficient (Wildman–Crippen LogP) is 1.76. The van der Waals surface area contributed by atoms with E-state index in [1.165, 1.54) is 11.3 Å². The molecule has 2 amide bonds. The molecule has 6 nitrogen and oxygen atoms in total. The average molecular weight is 313 g/mol. The highest BCUT2D eigenvalue weighted by molar-refractivity contribution is 7.10. The van der Waals surface area contributed by atoms with Crippen molar-refractivity contribution in [1.29, 1.82) is 0 Å². The number of carbonyl (C=O) groups is 2. The van der Waals surface area contributed by atoms with Crippen LogP contribution in [0.3, 0.4) is 0 Å². The lowest BCUT2D eigenvalue weighted by atomic mass is 10.0. The second kappa shape index (κ2) is 7.99. The van der Waals surface area contributed by atoms with Crippen LogP contribution < -0.4 is 10.6 Å². The fraction of sp³-hybridized carbons (Fsp3) is 0.571. The molecule has 118 valence electrons. The summed E-state index contributed by atoms with van der Waals surface area (Å²) in [6, 6.07) is 1.94. The van der Waals surface area contributed by atoms with Gasteiger partial charge in [-0.15, -0.1) is 11.3 Å². The lowest BCUT2D eigenvalue weighted by molar-refractivity contribution is -0.139. The van der Waals surface area contributed by atoms with E-state index < -0.39 is 18.0 Å². The Balaban J connectivity index is 2.67. The van der Waals surface area contributed by atoms with Crippen LogP contribution in [0.25, 0.3) is 0 Å². The zero-order chi connectivity index (χ0) is 16.0. The molecule has 1 aromatic rings. The molecule has 0 aromatic carbocycles. The van der Waals surface area contributed by atoms with Gasteiger partial charge in [0, 0.05) is 17.5 Å². The van der Waals surface area contributed by atoms with Crippen molar-refractivity contribution in [3.63, 3.8) is 0 Å². The van der Waals surface area contributed by atoms with E-state index in [9.17, 15) is 14.7 Å². The van der Waals surface area contributed by atoms with Gasteiger partial charge >= 0.3 is 12.0 Å². The van der Waals surface area contributed by atoms with Gasteiger partial charge in [0.25, 0.3) is 0 Å². The summed E-state index contributed by atoms with van der Waals surface area (Å²) in [5.74, 6) is -0.815. The summed E-state index contributed by atoms with van der Waals surface area (Å²) < 4.78 is 0. The Labute approximate surface area is 129 Å². The number of amides is 2. The van der Waals surface area contributed by atoms with Crippen molar-refractivity contribution in [2.24, 2.45) is 5.92 Å². The molecular weight excluding hydrogens is 290 g/mol. The number of likely N-dealkylation sites (N-methyl/N-ethyl adjacent to an activating group) is 1. The number of hydrogen-bond donors (Lipinski definition) is 3. The quantitative estimate of drug-likeness (QED) is 0.716. The second-order valence-electron chi connectivity index (χ2n) is 5.52. The van der Waals surface area contributed by atoms with E-state index in [0.29, 0.717) is 11.4 Å². The molecule has 0 radical (unpaired) electrons. The van der Waals surface area contributed by atoms with Crippen LogP contribution in [0, 0.1) is 5.92 Å².